The van der Waals surface area contributed by atoms with Crippen LogP contribution in [0.25, 0.3) is 5.69 Å². The van der Waals surface area contributed by atoms with Crippen molar-refractivity contribution in [1.82, 2.24) is 15.0 Å². The van der Waals surface area contributed by atoms with Crippen molar-refractivity contribution in [3.05, 3.63) is 41.2 Å². The third-order valence-corrected chi connectivity index (χ3v) is 3.35. The van der Waals surface area contributed by atoms with Crippen molar-refractivity contribution in [2.75, 3.05) is 0 Å². The summed E-state index contributed by atoms with van der Waals surface area (Å²) in [6.45, 7) is 6.58. The van der Waals surface area contributed by atoms with Gasteiger partial charge in [0.2, 0.25) is 0 Å². The van der Waals surface area contributed by atoms with E-state index in [0.29, 0.717) is 10.7 Å². The van der Waals surface area contributed by atoms with Crippen molar-refractivity contribution in [3.63, 3.8) is 0 Å². The maximum absolute atomic E-state index is 6.10. The number of halogens is 1. The molecule has 0 saturated carbocycles. The molecule has 0 fully saturated rings. The van der Waals surface area contributed by atoms with Gasteiger partial charge in [-0.1, -0.05) is 54.5 Å². The van der Waals surface area contributed by atoms with Crippen LogP contribution in [0.5, 0.6) is 0 Å². The SMILES string of the molecule is C[Si](C)(C)C#Cc1cn(-c2ccccc2Cl)nn1. The third-order valence-electron chi connectivity index (χ3n) is 2.16. The van der Waals surface area contributed by atoms with Gasteiger partial charge in [-0.05, 0) is 12.1 Å². The molecular formula is C13H14ClN3Si. The van der Waals surface area contributed by atoms with Crippen LogP contribution in [0.3, 0.4) is 0 Å². The van der Waals surface area contributed by atoms with Crippen LogP contribution >= 0.6 is 11.6 Å². The molecule has 18 heavy (non-hydrogen) atoms. The van der Waals surface area contributed by atoms with E-state index >= 15 is 0 Å². The lowest BCUT2D eigenvalue weighted by Crippen LogP contribution is -2.16. The summed E-state index contributed by atoms with van der Waals surface area (Å²) in [5, 5.41) is 8.73. The van der Waals surface area contributed by atoms with E-state index in [2.05, 4.69) is 41.4 Å². The third kappa shape index (κ3) is 3.22. The molecule has 0 unspecified atom stereocenters. The summed E-state index contributed by atoms with van der Waals surface area (Å²) in [4.78, 5) is 0. The van der Waals surface area contributed by atoms with Crippen LogP contribution in [0.4, 0.5) is 0 Å². The smallest absolute Gasteiger partial charge is 0.155 e. The van der Waals surface area contributed by atoms with Gasteiger partial charge in [-0.25, -0.2) is 4.68 Å². The molecule has 3 nitrogen and oxygen atoms in total. The second-order valence-corrected chi connectivity index (χ2v) is 10.2. The zero-order valence-electron chi connectivity index (χ0n) is 10.6. The Morgan fingerprint density at radius 2 is 1.94 bits per heavy atom. The fraction of sp³-hybridized carbons (Fsp3) is 0.231. The second kappa shape index (κ2) is 4.97. The van der Waals surface area contributed by atoms with E-state index in [4.69, 9.17) is 11.6 Å². The van der Waals surface area contributed by atoms with Crippen LogP contribution in [0.2, 0.25) is 24.7 Å². The highest BCUT2D eigenvalue weighted by molar-refractivity contribution is 6.83. The molecule has 2 aromatic rings. The average molecular weight is 276 g/mol. The minimum atomic E-state index is -1.39. The molecule has 1 heterocycles. The van der Waals surface area contributed by atoms with E-state index in [1.807, 2.05) is 24.3 Å². The molecule has 0 aliphatic heterocycles. The van der Waals surface area contributed by atoms with Gasteiger partial charge in [-0.2, -0.15) is 0 Å². The summed E-state index contributed by atoms with van der Waals surface area (Å²) in [7, 11) is -1.39. The highest BCUT2D eigenvalue weighted by atomic mass is 35.5. The summed E-state index contributed by atoms with van der Waals surface area (Å²) in [6.07, 6.45) is 1.80. The number of benzene rings is 1. The molecule has 1 aromatic heterocycles. The van der Waals surface area contributed by atoms with Gasteiger partial charge in [-0.15, -0.1) is 10.6 Å². The summed E-state index contributed by atoms with van der Waals surface area (Å²) >= 11 is 6.10. The molecule has 1 aromatic carbocycles. The van der Waals surface area contributed by atoms with Crippen LogP contribution in [0.1, 0.15) is 5.69 Å². The molecule has 0 N–H and O–H groups in total. The quantitative estimate of drug-likeness (QED) is 0.591. The van der Waals surface area contributed by atoms with Crippen molar-refractivity contribution in [1.29, 1.82) is 0 Å². The number of nitrogens with zero attached hydrogens (tertiary/aromatic N) is 3. The van der Waals surface area contributed by atoms with Gasteiger partial charge in [0.05, 0.1) is 16.9 Å². The lowest BCUT2D eigenvalue weighted by molar-refractivity contribution is 0.802. The zero-order valence-corrected chi connectivity index (χ0v) is 12.4. The number of aromatic nitrogens is 3. The van der Waals surface area contributed by atoms with E-state index in [-0.39, 0.29) is 0 Å². The minimum absolute atomic E-state index is 0.645. The topological polar surface area (TPSA) is 30.7 Å². The Hall–Kier alpha value is -1.57. The molecule has 0 aliphatic rings. The van der Waals surface area contributed by atoms with Gasteiger partial charge in [0.1, 0.15) is 8.07 Å². The number of hydrogen-bond acceptors (Lipinski definition) is 2. The van der Waals surface area contributed by atoms with Gasteiger partial charge in [0, 0.05) is 0 Å². The van der Waals surface area contributed by atoms with Gasteiger partial charge in [0.25, 0.3) is 0 Å². The summed E-state index contributed by atoms with van der Waals surface area (Å²) in [5.41, 5.74) is 4.75. The first-order valence-electron chi connectivity index (χ1n) is 5.66. The minimum Gasteiger partial charge on any atom is -0.218 e. The normalized spacial score (nSPS) is 10.9. The second-order valence-electron chi connectivity index (χ2n) is 5.00. The number of para-hydroxylation sites is 1. The predicted octanol–water partition coefficient (Wildman–Crippen LogP) is 3.15. The standard InChI is InChI=1S/C13H14ClN3Si/c1-18(2,3)9-8-11-10-17(16-15-11)13-7-5-4-6-12(13)14/h4-7,10H,1-3H3. The summed E-state index contributed by atoms with van der Waals surface area (Å²) in [5.74, 6) is 3.07. The van der Waals surface area contributed by atoms with E-state index in [1.165, 1.54) is 0 Å². The molecule has 0 spiro atoms. The maximum Gasteiger partial charge on any atom is 0.155 e. The lowest BCUT2D eigenvalue weighted by Gasteiger charge is -2.02. The first-order chi connectivity index (χ1) is 8.46. The van der Waals surface area contributed by atoms with Gasteiger partial charge < -0.3 is 0 Å². The number of hydrogen-bond donors (Lipinski definition) is 0. The van der Waals surface area contributed by atoms with Crippen molar-refractivity contribution in [2.45, 2.75) is 19.6 Å². The largest absolute Gasteiger partial charge is 0.218 e. The molecule has 92 valence electrons. The highest BCUT2D eigenvalue weighted by Crippen LogP contribution is 2.18. The monoisotopic (exact) mass is 275 g/mol. The first-order valence-corrected chi connectivity index (χ1v) is 9.54. The van der Waals surface area contributed by atoms with Crippen LogP contribution in [-0.2, 0) is 0 Å². The fourth-order valence-electron chi connectivity index (χ4n) is 1.33. The highest BCUT2D eigenvalue weighted by Gasteiger charge is 2.08. The lowest BCUT2D eigenvalue weighted by atomic mass is 10.3. The Labute approximate surface area is 113 Å². The van der Waals surface area contributed by atoms with Gasteiger partial charge in [-0.3, -0.25) is 0 Å². The van der Waals surface area contributed by atoms with Crippen LogP contribution in [0.15, 0.2) is 30.5 Å². The Morgan fingerprint density at radius 1 is 1.22 bits per heavy atom. The van der Waals surface area contributed by atoms with E-state index in [0.717, 1.165) is 5.69 Å². The Morgan fingerprint density at radius 3 is 2.61 bits per heavy atom. The summed E-state index contributed by atoms with van der Waals surface area (Å²) in [6, 6.07) is 7.52. The molecule has 0 bridgehead atoms. The predicted molar refractivity (Wildman–Crippen MR) is 76.6 cm³/mol. The van der Waals surface area contributed by atoms with E-state index < -0.39 is 8.07 Å². The van der Waals surface area contributed by atoms with Crippen molar-refractivity contribution in [2.24, 2.45) is 0 Å². The Balaban J connectivity index is 2.31. The molecule has 2 rings (SSSR count). The Bertz CT molecular complexity index is 617. The van der Waals surface area contributed by atoms with E-state index in [9.17, 15) is 0 Å². The maximum atomic E-state index is 6.10. The first kappa shape index (κ1) is 12.9. The zero-order chi connectivity index (χ0) is 13.2. The van der Waals surface area contributed by atoms with E-state index in [1.54, 1.807) is 10.9 Å². The molecular weight excluding hydrogens is 262 g/mol. The van der Waals surface area contributed by atoms with Crippen LogP contribution in [0, 0.1) is 11.5 Å². The van der Waals surface area contributed by atoms with Crippen molar-refractivity contribution in [3.8, 4) is 17.2 Å². The molecule has 0 radical (unpaired) electrons. The molecule has 0 aliphatic carbocycles. The molecule has 5 heteroatoms. The molecule has 0 saturated heterocycles. The summed E-state index contributed by atoms with van der Waals surface area (Å²) < 4.78 is 1.65. The van der Waals surface area contributed by atoms with Gasteiger partial charge in [0.15, 0.2) is 5.69 Å². The van der Waals surface area contributed by atoms with Crippen molar-refractivity contribution < 1.29 is 0 Å². The molecule has 0 atom stereocenters. The Kier molecular flexibility index (Phi) is 3.55. The average Bonchev–Trinajstić information content (AvgIpc) is 2.75. The van der Waals surface area contributed by atoms with Crippen LogP contribution in [-0.4, -0.2) is 23.1 Å². The van der Waals surface area contributed by atoms with Crippen molar-refractivity contribution >= 4 is 19.7 Å². The van der Waals surface area contributed by atoms with Gasteiger partial charge >= 0.3 is 0 Å². The fourth-order valence-corrected chi connectivity index (χ4v) is 2.05. The number of rotatable bonds is 1. The molecule has 0 amide bonds. The van der Waals surface area contributed by atoms with Crippen LogP contribution < -0.4 is 0 Å².